The third-order valence-electron chi connectivity index (χ3n) is 6.04. The van der Waals surface area contributed by atoms with Crippen LogP contribution in [0.3, 0.4) is 0 Å². The van der Waals surface area contributed by atoms with E-state index in [0.29, 0.717) is 34.3 Å². The van der Waals surface area contributed by atoms with E-state index in [0.717, 1.165) is 12.5 Å². The lowest BCUT2D eigenvalue weighted by Crippen LogP contribution is -2.16. The van der Waals surface area contributed by atoms with Gasteiger partial charge in [-0.25, -0.2) is 27.8 Å². The van der Waals surface area contributed by atoms with Gasteiger partial charge in [-0.05, 0) is 49.7 Å². The molecule has 3 aromatic carbocycles. The van der Waals surface area contributed by atoms with Gasteiger partial charge in [-0.1, -0.05) is 6.07 Å². The normalized spacial score (nSPS) is 11.0. The van der Waals surface area contributed by atoms with E-state index < -0.39 is 39.4 Å². The maximum atomic E-state index is 14.4. The number of carbonyl (C=O) groups is 1. The molecule has 13 heteroatoms. The Kier molecular flexibility index (Phi) is 6.40. The van der Waals surface area contributed by atoms with Crippen LogP contribution in [0.4, 0.5) is 36.1 Å². The minimum absolute atomic E-state index is 0.0583. The third kappa shape index (κ3) is 4.72. The first kappa shape index (κ1) is 25.3. The van der Waals surface area contributed by atoms with Gasteiger partial charge in [-0.2, -0.15) is 5.10 Å². The number of non-ortho nitro benzene ring substituents is 1. The largest absolute Gasteiger partial charge is 0.339 e. The number of hydrogen-bond donors (Lipinski definition) is 2. The van der Waals surface area contributed by atoms with Crippen LogP contribution in [0.1, 0.15) is 21.5 Å². The summed E-state index contributed by atoms with van der Waals surface area (Å²) in [6, 6.07) is 11.2. The van der Waals surface area contributed by atoms with Gasteiger partial charge in [0.05, 0.1) is 27.8 Å². The van der Waals surface area contributed by atoms with Gasteiger partial charge in [0, 0.05) is 29.1 Å². The lowest BCUT2D eigenvalue weighted by atomic mass is 10.1. The number of aromatic nitrogens is 4. The van der Waals surface area contributed by atoms with E-state index in [1.165, 1.54) is 29.3 Å². The first-order valence-corrected chi connectivity index (χ1v) is 11.4. The molecule has 5 rings (SSSR count). The number of carbonyl (C=O) groups excluding carboxylic acids is 1. The Morgan fingerprint density at radius 3 is 2.46 bits per heavy atom. The van der Waals surface area contributed by atoms with Gasteiger partial charge < -0.3 is 10.6 Å². The molecule has 0 spiro atoms. The summed E-state index contributed by atoms with van der Waals surface area (Å²) >= 11 is 0. The Morgan fingerprint density at radius 2 is 1.74 bits per heavy atom. The summed E-state index contributed by atoms with van der Waals surface area (Å²) in [5, 5.41) is 21.5. The summed E-state index contributed by atoms with van der Waals surface area (Å²) in [6.07, 6.45) is 2.86. The first-order chi connectivity index (χ1) is 18.6. The Balaban J connectivity index is 1.43. The lowest BCUT2D eigenvalue weighted by molar-refractivity contribution is -0.384. The van der Waals surface area contributed by atoms with Crippen molar-refractivity contribution < 1.29 is 22.9 Å². The molecule has 196 valence electrons. The van der Waals surface area contributed by atoms with Crippen LogP contribution in [0.15, 0.2) is 61.1 Å². The van der Waals surface area contributed by atoms with E-state index in [4.69, 9.17) is 0 Å². The standard InChI is InChI=1S/C26H18F3N7O3/c1-13-3-4-15(33-26(37)18-10-20(27)23(29)14(2)22(18)28)9-21(13)34-24-19-11-32-35(25(19)31-12-30-24)16-5-7-17(8-6-16)36(38)39/h3-12H,1-2H3,(H,33,37)(H,30,31,34). The summed E-state index contributed by atoms with van der Waals surface area (Å²) in [6.45, 7) is 2.86. The Morgan fingerprint density at radius 1 is 1.00 bits per heavy atom. The number of rotatable bonds is 6. The molecule has 0 atom stereocenters. The maximum Gasteiger partial charge on any atom is 0.269 e. The fourth-order valence-electron chi connectivity index (χ4n) is 3.90. The fourth-order valence-corrected chi connectivity index (χ4v) is 3.90. The lowest BCUT2D eigenvalue weighted by Gasteiger charge is -2.13. The topological polar surface area (TPSA) is 128 Å². The molecule has 0 bridgehead atoms. The average molecular weight is 533 g/mol. The number of fused-ring (bicyclic) bond motifs is 1. The number of nitro benzene ring substituents is 1. The summed E-state index contributed by atoms with van der Waals surface area (Å²) < 4.78 is 43.3. The van der Waals surface area contributed by atoms with Crippen LogP contribution >= 0.6 is 0 Å². The van der Waals surface area contributed by atoms with Gasteiger partial charge in [0.15, 0.2) is 17.3 Å². The monoisotopic (exact) mass is 533 g/mol. The quantitative estimate of drug-likeness (QED) is 0.161. The van der Waals surface area contributed by atoms with Crippen molar-refractivity contribution in [2.45, 2.75) is 13.8 Å². The predicted molar refractivity (Wildman–Crippen MR) is 137 cm³/mol. The van der Waals surface area contributed by atoms with Crippen molar-refractivity contribution in [3.05, 3.63) is 105 Å². The van der Waals surface area contributed by atoms with Crippen molar-refractivity contribution in [3.8, 4) is 5.69 Å². The Hall–Kier alpha value is -5.33. The Bertz CT molecular complexity index is 1770. The number of hydrogen-bond acceptors (Lipinski definition) is 7. The molecule has 2 N–H and O–H groups in total. The zero-order valence-electron chi connectivity index (χ0n) is 20.4. The summed E-state index contributed by atoms with van der Waals surface area (Å²) in [5.74, 6) is -4.38. The van der Waals surface area contributed by atoms with Crippen molar-refractivity contribution in [2.24, 2.45) is 0 Å². The van der Waals surface area contributed by atoms with E-state index in [9.17, 15) is 28.1 Å². The average Bonchev–Trinajstić information content (AvgIpc) is 3.36. The van der Waals surface area contributed by atoms with Gasteiger partial charge in [0.2, 0.25) is 0 Å². The third-order valence-corrected chi connectivity index (χ3v) is 6.04. The number of nitro groups is 1. The molecule has 0 unspecified atom stereocenters. The second kappa shape index (κ2) is 9.85. The van der Waals surface area contributed by atoms with E-state index >= 15 is 0 Å². The second-order valence-corrected chi connectivity index (χ2v) is 8.56. The van der Waals surface area contributed by atoms with Crippen molar-refractivity contribution in [3.63, 3.8) is 0 Å². The number of halogens is 3. The fraction of sp³-hybridized carbons (Fsp3) is 0.0769. The SMILES string of the molecule is Cc1ccc(NC(=O)c2cc(F)c(F)c(C)c2F)cc1Nc1ncnc2c1cnn2-c1ccc([N+](=O)[O-])cc1. The number of aryl methyl sites for hydroxylation is 1. The molecule has 0 saturated heterocycles. The van der Waals surface area contributed by atoms with E-state index in [1.807, 2.05) is 6.92 Å². The highest BCUT2D eigenvalue weighted by Crippen LogP contribution is 2.29. The minimum Gasteiger partial charge on any atom is -0.339 e. The number of nitrogens with one attached hydrogen (secondary N) is 2. The summed E-state index contributed by atoms with van der Waals surface area (Å²) in [5.41, 5.74) is 1.30. The smallest absolute Gasteiger partial charge is 0.269 e. The highest BCUT2D eigenvalue weighted by atomic mass is 19.2. The summed E-state index contributed by atoms with van der Waals surface area (Å²) in [4.78, 5) is 31.7. The van der Waals surface area contributed by atoms with Crippen molar-refractivity contribution in [1.82, 2.24) is 19.7 Å². The minimum atomic E-state index is -1.35. The molecule has 0 fully saturated rings. The van der Waals surface area contributed by atoms with Gasteiger partial charge >= 0.3 is 0 Å². The Labute approximate surface area is 218 Å². The zero-order valence-corrected chi connectivity index (χ0v) is 20.4. The molecule has 10 nitrogen and oxygen atoms in total. The molecule has 2 heterocycles. The molecule has 1 amide bonds. The molecule has 5 aromatic rings. The van der Waals surface area contributed by atoms with Gasteiger partial charge in [0.25, 0.3) is 11.6 Å². The highest BCUT2D eigenvalue weighted by Gasteiger charge is 2.21. The van der Waals surface area contributed by atoms with Gasteiger partial charge in [-0.3, -0.25) is 14.9 Å². The molecular formula is C26H18F3N7O3. The van der Waals surface area contributed by atoms with Crippen molar-refractivity contribution >= 4 is 39.8 Å². The van der Waals surface area contributed by atoms with Crippen LogP contribution in [-0.2, 0) is 0 Å². The van der Waals surface area contributed by atoms with E-state index in [1.54, 1.807) is 30.3 Å². The number of anilines is 3. The van der Waals surface area contributed by atoms with Crippen LogP contribution in [0.2, 0.25) is 0 Å². The molecule has 0 aliphatic heterocycles. The second-order valence-electron chi connectivity index (χ2n) is 8.56. The molecule has 39 heavy (non-hydrogen) atoms. The molecule has 0 radical (unpaired) electrons. The van der Waals surface area contributed by atoms with Crippen molar-refractivity contribution in [1.29, 1.82) is 0 Å². The van der Waals surface area contributed by atoms with Gasteiger partial charge in [0.1, 0.15) is 18.0 Å². The van der Waals surface area contributed by atoms with E-state index in [-0.39, 0.29) is 11.4 Å². The maximum absolute atomic E-state index is 14.4. The predicted octanol–water partition coefficient (Wildman–Crippen LogP) is 5.75. The van der Waals surface area contributed by atoms with Crippen LogP contribution in [0.5, 0.6) is 0 Å². The molecule has 2 aromatic heterocycles. The number of amides is 1. The van der Waals surface area contributed by atoms with Gasteiger partial charge in [-0.15, -0.1) is 0 Å². The van der Waals surface area contributed by atoms with Crippen LogP contribution in [-0.4, -0.2) is 30.6 Å². The molecule has 0 aliphatic carbocycles. The van der Waals surface area contributed by atoms with Crippen LogP contribution < -0.4 is 10.6 Å². The van der Waals surface area contributed by atoms with Crippen LogP contribution in [0.25, 0.3) is 16.7 Å². The summed E-state index contributed by atoms with van der Waals surface area (Å²) in [7, 11) is 0. The van der Waals surface area contributed by atoms with Crippen molar-refractivity contribution in [2.75, 3.05) is 10.6 Å². The van der Waals surface area contributed by atoms with Crippen LogP contribution in [0, 0.1) is 41.4 Å². The number of nitrogens with zero attached hydrogens (tertiary/aromatic N) is 5. The molecular weight excluding hydrogens is 515 g/mol. The zero-order chi connectivity index (χ0) is 27.8. The molecule has 0 saturated carbocycles. The van der Waals surface area contributed by atoms with E-state index in [2.05, 4.69) is 25.7 Å². The number of benzene rings is 3. The first-order valence-electron chi connectivity index (χ1n) is 11.4. The molecule has 0 aliphatic rings. The highest BCUT2D eigenvalue weighted by molar-refractivity contribution is 6.05.